The van der Waals surface area contributed by atoms with Crippen molar-refractivity contribution in [3.8, 4) is 0 Å². The molecule has 1 N–H and O–H groups in total. The lowest BCUT2D eigenvalue weighted by Crippen LogP contribution is -2.15. The SMILES string of the molecule is O=C(O)COCCOCCOCCOCCOCCOCCOCCOCCOCCOCCCCCCCl. The minimum absolute atomic E-state index is 0.245. The number of aliphatic carboxylic acids is 1. The van der Waals surface area contributed by atoms with Crippen LogP contribution in [0.2, 0.25) is 0 Å². The number of rotatable bonds is 35. The zero-order valence-electron chi connectivity index (χ0n) is 23.5. The van der Waals surface area contributed by atoms with Crippen LogP contribution in [0.5, 0.6) is 0 Å². The fourth-order valence-electron chi connectivity index (χ4n) is 2.79. The van der Waals surface area contributed by atoms with Crippen LogP contribution in [0.3, 0.4) is 0 Å². The average Bonchev–Trinajstić information content (AvgIpc) is 2.93. The number of ether oxygens (including phenoxy) is 10. The van der Waals surface area contributed by atoms with Crippen molar-refractivity contribution >= 4 is 17.6 Å². The molecule has 0 bridgehead atoms. The van der Waals surface area contributed by atoms with Gasteiger partial charge in [-0.2, -0.15) is 0 Å². The molecule has 0 atom stereocenters. The highest BCUT2D eigenvalue weighted by Crippen LogP contribution is 2.01. The number of carboxylic acid groups (broad SMARTS) is 1. The first-order valence-corrected chi connectivity index (χ1v) is 14.4. The molecule has 0 saturated carbocycles. The van der Waals surface area contributed by atoms with Crippen LogP contribution in [0.4, 0.5) is 0 Å². The Bertz CT molecular complexity index is 476. The third-order valence-electron chi connectivity index (χ3n) is 4.75. The van der Waals surface area contributed by atoms with E-state index >= 15 is 0 Å². The molecule has 0 heterocycles. The summed E-state index contributed by atoms with van der Waals surface area (Å²) in [5.74, 6) is -0.253. The minimum atomic E-state index is -0.993. The predicted octanol–water partition coefficient (Wildman–Crippen LogP) is 2.04. The van der Waals surface area contributed by atoms with E-state index in [0.717, 1.165) is 31.7 Å². The topological polar surface area (TPSA) is 130 Å². The van der Waals surface area contributed by atoms with Crippen molar-refractivity contribution in [3.63, 3.8) is 0 Å². The maximum Gasteiger partial charge on any atom is 0.329 e. The van der Waals surface area contributed by atoms with Gasteiger partial charge in [-0.05, 0) is 12.8 Å². The maximum atomic E-state index is 10.2. The highest BCUT2D eigenvalue weighted by Gasteiger charge is 1.97. The molecule has 0 unspecified atom stereocenters. The molecule has 0 rings (SSSR count). The fraction of sp³-hybridized carbons (Fsp3) is 0.962. The molecule has 0 aromatic rings. The number of alkyl halides is 1. The van der Waals surface area contributed by atoms with Crippen LogP contribution in [-0.4, -0.2) is 149 Å². The van der Waals surface area contributed by atoms with E-state index in [1.54, 1.807) is 0 Å². The first kappa shape index (κ1) is 38.4. The average molecular weight is 591 g/mol. The highest BCUT2D eigenvalue weighted by molar-refractivity contribution is 6.17. The van der Waals surface area contributed by atoms with Gasteiger partial charge in [-0.3, -0.25) is 0 Å². The van der Waals surface area contributed by atoms with Gasteiger partial charge < -0.3 is 52.5 Å². The van der Waals surface area contributed by atoms with Crippen LogP contribution in [0, 0.1) is 0 Å². The maximum absolute atomic E-state index is 10.2. The van der Waals surface area contributed by atoms with Crippen LogP contribution < -0.4 is 0 Å². The number of unbranched alkanes of at least 4 members (excludes halogenated alkanes) is 3. The summed E-state index contributed by atoms with van der Waals surface area (Å²) >= 11 is 5.64. The van der Waals surface area contributed by atoms with Gasteiger partial charge in [0.15, 0.2) is 0 Å². The molecule has 0 aliphatic rings. The largest absolute Gasteiger partial charge is 0.480 e. The summed E-state index contributed by atoms with van der Waals surface area (Å²) in [6.07, 6.45) is 4.48. The van der Waals surface area contributed by atoms with Crippen LogP contribution in [0.25, 0.3) is 0 Å². The van der Waals surface area contributed by atoms with Crippen molar-refractivity contribution < 1.29 is 57.3 Å². The molecule has 0 fully saturated rings. The van der Waals surface area contributed by atoms with Gasteiger partial charge in [0, 0.05) is 12.5 Å². The molecular weight excluding hydrogens is 540 g/mol. The van der Waals surface area contributed by atoms with Gasteiger partial charge in [-0.25, -0.2) is 4.79 Å². The zero-order valence-corrected chi connectivity index (χ0v) is 24.2. The van der Waals surface area contributed by atoms with E-state index in [9.17, 15) is 4.79 Å². The summed E-state index contributed by atoms with van der Waals surface area (Å²) < 4.78 is 53.6. The fourth-order valence-corrected chi connectivity index (χ4v) is 2.98. The van der Waals surface area contributed by atoms with Crippen molar-refractivity contribution in [2.75, 3.05) is 138 Å². The van der Waals surface area contributed by atoms with Gasteiger partial charge in [0.1, 0.15) is 6.61 Å². The van der Waals surface area contributed by atoms with E-state index in [4.69, 9.17) is 64.1 Å². The van der Waals surface area contributed by atoms with Crippen LogP contribution in [-0.2, 0) is 52.2 Å². The standard InChI is InChI=1S/C26H51ClO12/c27-5-3-1-2-4-6-30-7-8-31-9-10-32-11-12-33-13-14-34-15-16-35-17-18-36-19-20-37-21-22-38-23-24-39-25-26(28)29/h1-25H2,(H,28,29). The van der Waals surface area contributed by atoms with Crippen molar-refractivity contribution in [1.82, 2.24) is 0 Å². The number of hydrogen-bond acceptors (Lipinski definition) is 11. The Hall–Kier alpha value is -0.640. The third kappa shape index (κ3) is 37.4. The summed E-state index contributed by atoms with van der Waals surface area (Å²) in [4.78, 5) is 10.2. The van der Waals surface area contributed by atoms with Gasteiger partial charge >= 0.3 is 5.97 Å². The smallest absolute Gasteiger partial charge is 0.329 e. The summed E-state index contributed by atoms with van der Waals surface area (Å²) in [6.45, 7) is 9.15. The first-order chi connectivity index (χ1) is 19.3. The molecule has 0 amide bonds. The van der Waals surface area contributed by atoms with Gasteiger partial charge in [0.2, 0.25) is 0 Å². The Balaban J connectivity index is 3.02. The Morgan fingerprint density at radius 3 is 0.923 bits per heavy atom. The normalized spacial score (nSPS) is 11.4. The molecule has 0 aliphatic carbocycles. The van der Waals surface area contributed by atoms with E-state index in [1.165, 1.54) is 6.42 Å². The van der Waals surface area contributed by atoms with Gasteiger partial charge in [0.25, 0.3) is 0 Å². The molecule has 0 radical (unpaired) electrons. The second kappa shape index (κ2) is 35.4. The van der Waals surface area contributed by atoms with Crippen molar-refractivity contribution in [1.29, 1.82) is 0 Å². The number of carboxylic acids is 1. The Morgan fingerprint density at radius 1 is 0.385 bits per heavy atom. The molecule has 0 aromatic carbocycles. The van der Waals surface area contributed by atoms with Gasteiger partial charge in [-0.15, -0.1) is 11.6 Å². The lowest BCUT2D eigenvalue weighted by atomic mass is 10.2. The Kier molecular flexibility index (Phi) is 34.8. The van der Waals surface area contributed by atoms with Crippen LogP contribution in [0.15, 0.2) is 0 Å². The summed E-state index contributed by atoms with van der Waals surface area (Å²) in [6, 6.07) is 0. The monoisotopic (exact) mass is 590 g/mol. The Morgan fingerprint density at radius 2 is 0.641 bits per heavy atom. The second-order valence-corrected chi connectivity index (χ2v) is 8.44. The highest BCUT2D eigenvalue weighted by atomic mass is 35.5. The summed E-state index contributed by atoms with van der Waals surface area (Å²) in [5.41, 5.74) is 0. The number of hydrogen-bond donors (Lipinski definition) is 1. The molecule has 234 valence electrons. The summed E-state index contributed by atoms with van der Waals surface area (Å²) in [7, 11) is 0. The molecule has 0 aliphatic heterocycles. The quantitative estimate of drug-likeness (QED) is 0.0856. The van der Waals surface area contributed by atoms with E-state index in [2.05, 4.69) is 0 Å². The van der Waals surface area contributed by atoms with Gasteiger partial charge in [0.05, 0.1) is 119 Å². The zero-order chi connectivity index (χ0) is 28.3. The van der Waals surface area contributed by atoms with Crippen LogP contribution in [0.1, 0.15) is 25.7 Å². The van der Waals surface area contributed by atoms with Crippen molar-refractivity contribution in [3.05, 3.63) is 0 Å². The molecular formula is C26H51ClO12. The van der Waals surface area contributed by atoms with Gasteiger partial charge in [-0.1, -0.05) is 12.8 Å². The number of carbonyl (C=O) groups is 1. The molecule has 0 saturated heterocycles. The molecule has 12 nitrogen and oxygen atoms in total. The molecule has 39 heavy (non-hydrogen) atoms. The number of halogens is 1. The van der Waals surface area contributed by atoms with E-state index in [0.29, 0.717) is 112 Å². The van der Waals surface area contributed by atoms with E-state index in [1.807, 2.05) is 0 Å². The lowest BCUT2D eigenvalue weighted by molar-refractivity contribution is -0.142. The van der Waals surface area contributed by atoms with E-state index in [-0.39, 0.29) is 13.2 Å². The first-order valence-electron chi connectivity index (χ1n) is 13.8. The van der Waals surface area contributed by atoms with Crippen molar-refractivity contribution in [2.45, 2.75) is 25.7 Å². The lowest BCUT2D eigenvalue weighted by Gasteiger charge is -2.09. The minimum Gasteiger partial charge on any atom is -0.480 e. The molecule has 0 spiro atoms. The Labute approximate surface area is 238 Å². The van der Waals surface area contributed by atoms with Crippen molar-refractivity contribution in [2.24, 2.45) is 0 Å². The second-order valence-electron chi connectivity index (χ2n) is 8.06. The predicted molar refractivity (Wildman–Crippen MR) is 145 cm³/mol. The van der Waals surface area contributed by atoms with Crippen LogP contribution >= 0.6 is 11.6 Å². The molecule has 0 aromatic heterocycles. The van der Waals surface area contributed by atoms with E-state index < -0.39 is 5.97 Å². The third-order valence-corrected chi connectivity index (χ3v) is 5.01. The molecule has 13 heteroatoms. The summed E-state index contributed by atoms with van der Waals surface area (Å²) in [5, 5.41) is 8.41.